The van der Waals surface area contributed by atoms with Gasteiger partial charge in [-0.15, -0.1) is 0 Å². The van der Waals surface area contributed by atoms with E-state index in [1.807, 2.05) is 0 Å². The van der Waals surface area contributed by atoms with Crippen molar-refractivity contribution in [3.05, 3.63) is 35.4 Å². The van der Waals surface area contributed by atoms with Crippen LogP contribution < -0.4 is 5.73 Å². The third kappa shape index (κ3) is 1.49. The topological polar surface area (TPSA) is 26.0 Å². The van der Waals surface area contributed by atoms with E-state index in [4.69, 9.17) is 5.73 Å². The van der Waals surface area contributed by atoms with Crippen LogP contribution in [0.5, 0.6) is 0 Å². The Balaban J connectivity index is 2.22. The molecule has 0 aromatic heterocycles. The second kappa shape index (κ2) is 3.51. The summed E-state index contributed by atoms with van der Waals surface area (Å²) in [6, 6.07) is 8.88. The molecule has 0 aliphatic heterocycles. The molecule has 1 nitrogen and oxygen atoms in total. The third-order valence-corrected chi connectivity index (χ3v) is 3.06. The van der Waals surface area contributed by atoms with Crippen LogP contribution in [0.2, 0.25) is 0 Å². The molecule has 13 heavy (non-hydrogen) atoms. The number of hydrogen-bond acceptors (Lipinski definition) is 1. The summed E-state index contributed by atoms with van der Waals surface area (Å²) in [6.45, 7) is 2.23. The molecule has 2 unspecified atom stereocenters. The van der Waals surface area contributed by atoms with Crippen LogP contribution in [0.15, 0.2) is 24.3 Å². The van der Waals surface area contributed by atoms with Crippen molar-refractivity contribution in [2.75, 3.05) is 0 Å². The fraction of sp³-hybridized carbons (Fsp3) is 0.500. The molecule has 2 N–H and O–H groups in total. The Hall–Kier alpha value is -0.820. The summed E-state index contributed by atoms with van der Waals surface area (Å²) in [5.74, 6) is 0.683. The summed E-state index contributed by atoms with van der Waals surface area (Å²) in [5, 5.41) is 0. The Bertz CT molecular complexity index is 293. The van der Waals surface area contributed by atoms with E-state index in [9.17, 15) is 0 Å². The molecule has 1 heteroatoms. The van der Waals surface area contributed by atoms with E-state index in [1.54, 1.807) is 0 Å². The maximum Gasteiger partial charge on any atom is 0.0329 e. The van der Waals surface area contributed by atoms with Gasteiger partial charge in [0.1, 0.15) is 0 Å². The van der Waals surface area contributed by atoms with Crippen LogP contribution in [0.3, 0.4) is 0 Å². The van der Waals surface area contributed by atoms with Gasteiger partial charge < -0.3 is 5.73 Å². The molecular weight excluding hydrogens is 158 g/mol. The van der Waals surface area contributed by atoms with E-state index in [1.165, 1.54) is 30.4 Å². The highest BCUT2D eigenvalue weighted by Gasteiger charge is 2.27. The second-order valence-electron chi connectivity index (χ2n) is 3.98. The molecule has 70 valence electrons. The third-order valence-electron chi connectivity index (χ3n) is 3.06. The number of nitrogens with two attached hydrogens (primary N) is 1. The van der Waals surface area contributed by atoms with Crippen LogP contribution in [-0.4, -0.2) is 0 Å². The highest BCUT2D eigenvalue weighted by Crippen LogP contribution is 2.36. The summed E-state index contributed by atoms with van der Waals surface area (Å²) < 4.78 is 0. The predicted molar refractivity (Wildman–Crippen MR) is 55.5 cm³/mol. The molecule has 0 spiro atoms. The Morgan fingerprint density at radius 3 is 2.85 bits per heavy atom. The average Bonchev–Trinajstić information content (AvgIpc) is 2.46. The van der Waals surface area contributed by atoms with Gasteiger partial charge in [-0.1, -0.05) is 37.6 Å². The van der Waals surface area contributed by atoms with Crippen LogP contribution in [0.25, 0.3) is 0 Å². The molecule has 0 saturated carbocycles. The van der Waals surface area contributed by atoms with Crippen LogP contribution in [0.4, 0.5) is 0 Å². The molecule has 0 amide bonds. The van der Waals surface area contributed by atoms with Crippen molar-refractivity contribution < 1.29 is 0 Å². The van der Waals surface area contributed by atoms with Crippen molar-refractivity contribution in [1.29, 1.82) is 0 Å². The lowest BCUT2D eigenvalue weighted by molar-refractivity contribution is 0.429. The van der Waals surface area contributed by atoms with E-state index in [2.05, 4.69) is 31.2 Å². The maximum absolute atomic E-state index is 6.18. The van der Waals surface area contributed by atoms with Gasteiger partial charge in [-0.05, 0) is 29.9 Å². The zero-order valence-corrected chi connectivity index (χ0v) is 8.16. The first-order valence-corrected chi connectivity index (χ1v) is 5.16. The zero-order valence-electron chi connectivity index (χ0n) is 8.16. The van der Waals surface area contributed by atoms with E-state index < -0.39 is 0 Å². The van der Waals surface area contributed by atoms with Gasteiger partial charge in [-0.2, -0.15) is 0 Å². The minimum Gasteiger partial charge on any atom is -0.324 e. The van der Waals surface area contributed by atoms with Crippen molar-refractivity contribution in [2.45, 2.75) is 32.2 Å². The second-order valence-corrected chi connectivity index (χ2v) is 3.98. The molecule has 0 saturated heterocycles. The van der Waals surface area contributed by atoms with Gasteiger partial charge in [0, 0.05) is 6.04 Å². The first kappa shape index (κ1) is 8.76. The van der Waals surface area contributed by atoms with Gasteiger partial charge in [0.2, 0.25) is 0 Å². The summed E-state index contributed by atoms with van der Waals surface area (Å²) in [7, 11) is 0. The monoisotopic (exact) mass is 175 g/mol. The molecule has 1 aromatic rings. The molecule has 0 bridgehead atoms. The standard InChI is InChI=1S/C12H17N/c1-2-5-10-8-9-6-3-4-7-11(9)12(10)13/h3-4,6-7,10,12H,2,5,8,13H2,1H3. The molecule has 2 rings (SSSR count). The summed E-state index contributed by atoms with van der Waals surface area (Å²) >= 11 is 0. The minimum absolute atomic E-state index is 0.288. The van der Waals surface area contributed by atoms with Gasteiger partial charge in [0.25, 0.3) is 0 Å². The highest BCUT2D eigenvalue weighted by atomic mass is 14.7. The van der Waals surface area contributed by atoms with E-state index in [-0.39, 0.29) is 6.04 Å². The molecule has 1 aromatic carbocycles. The lowest BCUT2D eigenvalue weighted by Crippen LogP contribution is -2.16. The molecule has 1 aliphatic rings. The van der Waals surface area contributed by atoms with E-state index >= 15 is 0 Å². The maximum atomic E-state index is 6.18. The summed E-state index contributed by atoms with van der Waals surface area (Å²) in [6.07, 6.45) is 3.69. The first-order chi connectivity index (χ1) is 6.33. The average molecular weight is 175 g/mol. The largest absolute Gasteiger partial charge is 0.324 e. The van der Waals surface area contributed by atoms with Gasteiger partial charge in [-0.3, -0.25) is 0 Å². The van der Waals surface area contributed by atoms with Crippen molar-refractivity contribution >= 4 is 0 Å². The quantitative estimate of drug-likeness (QED) is 0.734. The Kier molecular flexibility index (Phi) is 2.36. The Morgan fingerprint density at radius 1 is 1.38 bits per heavy atom. The van der Waals surface area contributed by atoms with Crippen molar-refractivity contribution in [3.8, 4) is 0 Å². The zero-order chi connectivity index (χ0) is 9.26. The molecule has 2 atom stereocenters. The number of hydrogen-bond donors (Lipinski definition) is 1. The molecule has 1 aliphatic carbocycles. The minimum atomic E-state index is 0.288. The lowest BCUT2D eigenvalue weighted by atomic mass is 9.97. The Labute approximate surface area is 80.0 Å². The van der Waals surface area contributed by atoms with Crippen molar-refractivity contribution in [1.82, 2.24) is 0 Å². The van der Waals surface area contributed by atoms with Crippen molar-refractivity contribution in [2.24, 2.45) is 11.7 Å². The Morgan fingerprint density at radius 2 is 2.15 bits per heavy atom. The predicted octanol–water partition coefficient (Wildman–Crippen LogP) is 2.66. The SMILES string of the molecule is CCCC1Cc2ccccc2C1N. The number of rotatable bonds is 2. The van der Waals surface area contributed by atoms with Gasteiger partial charge in [0.15, 0.2) is 0 Å². The van der Waals surface area contributed by atoms with Gasteiger partial charge in [-0.25, -0.2) is 0 Å². The van der Waals surface area contributed by atoms with Crippen molar-refractivity contribution in [3.63, 3.8) is 0 Å². The lowest BCUT2D eigenvalue weighted by Gasteiger charge is -2.14. The van der Waals surface area contributed by atoms with Crippen LogP contribution >= 0.6 is 0 Å². The number of benzene rings is 1. The summed E-state index contributed by atoms with van der Waals surface area (Å²) in [5.41, 5.74) is 9.02. The highest BCUT2D eigenvalue weighted by molar-refractivity contribution is 5.35. The van der Waals surface area contributed by atoms with E-state index in [0.717, 1.165) is 0 Å². The van der Waals surface area contributed by atoms with E-state index in [0.29, 0.717) is 5.92 Å². The normalized spacial score (nSPS) is 26.0. The summed E-state index contributed by atoms with van der Waals surface area (Å²) in [4.78, 5) is 0. The van der Waals surface area contributed by atoms with Gasteiger partial charge in [0.05, 0.1) is 0 Å². The van der Waals surface area contributed by atoms with Crippen LogP contribution in [0.1, 0.15) is 36.9 Å². The molecule has 0 heterocycles. The smallest absolute Gasteiger partial charge is 0.0329 e. The molecular formula is C12H17N. The molecule has 0 fully saturated rings. The fourth-order valence-electron chi connectivity index (χ4n) is 2.36. The van der Waals surface area contributed by atoms with Crippen LogP contribution in [0, 0.1) is 5.92 Å². The number of fused-ring (bicyclic) bond motifs is 1. The van der Waals surface area contributed by atoms with Gasteiger partial charge >= 0.3 is 0 Å². The fourth-order valence-corrected chi connectivity index (χ4v) is 2.36. The molecule has 0 radical (unpaired) electrons. The van der Waals surface area contributed by atoms with Crippen LogP contribution in [-0.2, 0) is 6.42 Å². The first-order valence-electron chi connectivity index (χ1n) is 5.16.